The van der Waals surface area contributed by atoms with E-state index in [4.69, 9.17) is 17.3 Å². The summed E-state index contributed by atoms with van der Waals surface area (Å²) in [5, 5.41) is 0.401. The van der Waals surface area contributed by atoms with Gasteiger partial charge in [0.05, 0.1) is 5.02 Å². The lowest BCUT2D eigenvalue weighted by Gasteiger charge is -2.09. The van der Waals surface area contributed by atoms with Crippen molar-refractivity contribution in [2.45, 2.75) is 13.8 Å². The summed E-state index contributed by atoms with van der Waals surface area (Å²) in [7, 11) is 0. The number of anilines is 1. The predicted octanol–water partition coefficient (Wildman–Crippen LogP) is 4.35. The molecule has 0 atom stereocenters. The molecule has 0 heterocycles. The molecule has 0 aromatic heterocycles. The number of benzene rings is 2. The molecule has 0 aliphatic rings. The van der Waals surface area contributed by atoms with E-state index in [0.29, 0.717) is 16.3 Å². The van der Waals surface area contributed by atoms with E-state index in [0.717, 1.165) is 16.7 Å². The summed E-state index contributed by atoms with van der Waals surface area (Å²) in [5.41, 5.74) is 9.82. The zero-order chi connectivity index (χ0) is 12.6. The quantitative estimate of drug-likeness (QED) is 0.748. The first kappa shape index (κ1) is 11.9. The molecule has 0 aliphatic carbocycles. The van der Waals surface area contributed by atoms with Gasteiger partial charge in [0, 0.05) is 11.3 Å². The van der Waals surface area contributed by atoms with Crippen LogP contribution in [0, 0.1) is 19.7 Å². The number of aryl methyl sites for hydroxylation is 2. The second kappa shape index (κ2) is 4.38. The maximum Gasteiger partial charge on any atom is 0.127 e. The van der Waals surface area contributed by atoms with E-state index >= 15 is 0 Å². The largest absolute Gasteiger partial charge is 0.399 e. The van der Waals surface area contributed by atoms with Gasteiger partial charge in [0.15, 0.2) is 0 Å². The van der Waals surface area contributed by atoms with E-state index in [-0.39, 0.29) is 5.82 Å². The third-order valence-corrected chi connectivity index (χ3v) is 2.97. The fraction of sp³-hybridized carbons (Fsp3) is 0.143. The topological polar surface area (TPSA) is 26.0 Å². The lowest BCUT2D eigenvalue weighted by atomic mass is 10.0. The van der Waals surface area contributed by atoms with Crippen LogP contribution >= 0.6 is 11.6 Å². The highest BCUT2D eigenvalue weighted by Crippen LogP contribution is 2.31. The van der Waals surface area contributed by atoms with E-state index in [1.54, 1.807) is 13.0 Å². The second-order valence-corrected chi connectivity index (χ2v) is 4.62. The van der Waals surface area contributed by atoms with E-state index in [1.807, 2.05) is 25.1 Å². The molecule has 0 radical (unpaired) electrons. The molecule has 2 aromatic rings. The Morgan fingerprint density at radius 2 is 1.76 bits per heavy atom. The summed E-state index contributed by atoms with van der Waals surface area (Å²) >= 11 is 6.06. The molecule has 3 heteroatoms. The maximum atomic E-state index is 13.3. The zero-order valence-electron chi connectivity index (χ0n) is 9.72. The Balaban J connectivity index is 2.64. The Bertz CT molecular complexity index is 558. The zero-order valence-corrected chi connectivity index (χ0v) is 10.5. The Hall–Kier alpha value is -1.54. The van der Waals surface area contributed by atoms with Gasteiger partial charge in [0.25, 0.3) is 0 Å². The van der Waals surface area contributed by atoms with Crippen LogP contribution in [0.4, 0.5) is 10.1 Å². The van der Waals surface area contributed by atoms with Crippen molar-refractivity contribution < 1.29 is 4.39 Å². The molecular formula is C14H13ClFN. The monoisotopic (exact) mass is 249 g/mol. The van der Waals surface area contributed by atoms with Crippen LogP contribution in [0.3, 0.4) is 0 Å². The fourth-order valence-corrected chi connectivity index (χ4v) is 2.11. The molecule has 0 spiro atoms. The maximum absolute atomic E-state index is 13.3. The number of halogens is 2. The first-order valence-electron chi connectivity index (χ1n) is 5.30. The first-order chi connectivity index (χ1) is 7.97. The van der Waals surface area contributed by atoms with Crippen molar-refractivity contribution in [3.05, 3.63) is 52.3 Å². The Labute approximate surface area is 105 Å². The lowest BCUT2D eigenvalue weighted by molar-refractivity contribution is 0.619. The molecule has 0 unspecified atom stereocenters. The molecule has 0 bridgehead atoms. The molecule has 2 aromatic carbocycles. The van der Waals surface area contributed by atoms with Gasteiger partial charge in [-0.05, 0) is 54.8 Å². The molecule has 1 nitrogen and oxygen atoms in total. The fourth-order valence-electron chi connectivity index (χ4n) is 1.85. The smallest absolute Gasteiger partial charge is 0.127 e. The van der Waals surface area contributed by atoms with Gasteiger partial charge >= 0.3 is 0 Å². The van der Waals surface area contributed by atoms with E-state index < -0.39 is 0 Å². The average molecular weight is 250 g/mol. The van der Waals surface area contributed by atoms with Crippen molar-refractivity contribution >= 4 is 17.3 Å². The van der Waals surface area contributed by atoms with Gasteiger partial charge in [0.2, 0.25) is 0 Å². The molecular weight excluding hydrogens is 237 g/mol. The number of nitrogens with two attached hydrogens (primary N) is 1. The first-order valence-corrected chi connectivity index (χ1v) is 5.68. The summed E-state index contributed by atoms with van der Waals surface area (Å²) in [6.45, 7) is 3.68. The SMILES string of the molecule is Cc1cc(N)cc(-c2cc(C)c(F)cc2Cl)c1. The number of hydrogen-bond acceptors (Lipinski definition) is 1. The summed E-state index contributed by atoms with van der Waals surface area (Å²) in [4.78, 5) is 0. The van der Waals surface area contributed by atoms with Crippen LogP contribution in [-0.2, 0) is 0 Å². The Morgan fingerprint density at radius 1 is 1.06 bits per heavy atom. The van der Waals surface area contributed by atoms with Crippen LogP contribution in [0.15, 0.2) is 30.3 Å². The molecule has 0 saturated carbocycles. The van der Waals surface area contributed by atoms with Crippen LogP contribution in [-0.4, -0.2) is 0 Å². The number of nitrogen functional groups attached to an aromatic ring is 1. The van der Waals surface area contributed by atoms with E-state index in [1.165, 1.54) is 6.07 Å². The van der Waals surface area contributed by atoms with Crippen molar-refractivity contribution in [1.29, 1.82) is 0 Å². The van der Waals surface area contributed by atoms with E-state index in [2.05, 4.69) is 0 Å². The highest BCUT2D eigenvalue weighted by atomic mass is 35.5. The van der Waals surface area contributed by atoms with Gasteiger partial charge in [-0.1, -0.05) is 17.7 Å². The normalized spacial score (nSPS) is 10.6. The minimum Gasteiger partial charge on any atom is -0.399 e. The van der Waals surface area contributed by atoms with Gasteiger partial charge in [-0.2, -0.15) is 0 Å². The Morgan fingerprint density at radius 3 is 2.41 bits per heavy atom. The second-order valence-electron chi connectivity index (χ2n) is 4.21. The molecule has 0 fully saturated rings. The van der Waals surface area contributed by atoms with Crippen LogP contribution in [0.5, 0.6) is 0 Å². The third kappa shape index (κ3) is 2.42. The van der Waals surface area contributed by atoms with Gasteiger partial charge in [-0.3, -0.25) is 0 Å². The summed E-state index contributed by atoms with van der Waals surface area (Å²) < 4.78 is 13.3. The van der Waals surface area contributed by atoms with Crippen LogP contribution in [0.25, 0.3) is 11.1 Å². The number of hydrogen-bond donors (Lipinski definition) is 1. The van der Waals surface area contributed by atoms with E-state index in [9.17, 15) is 4.39 Å². The molecule has 88 valence electrons. The minimum atomic E-state index is -0.292. The van der Waals surface area contributed by atoms with Gasteiger partial charge < -0.3 is 5.73 Å². The van der Waals surface area contributed by atoms with Crippen LogP contribution in [0.1, 0.15) is 11.1 Å². The van der Waals surface area contributed by atoms with Gasteiger partial charge in [-0.15, -0.1) is 0 Å². The van der Waals surface area contributed by atoms with Crippen molar-refractivity contribution in [2.24, 2.45) is 0 Å². The van der Waals surface area contributed by atoms with Crippen molar-refractivity contribution in [2.75, 3.05) is 5.73 Å². The highest BCUT2D eigenvalue weighted by Gasteiger charge is 2.08. The van der Waals surface area contributed by atoms with Crippen LogP contribution in [0.2, 0.25) is 5.02 Å². The lowest BCUT2D eigenvalue weighted by Crippen LogP contribution is -1.90. The van der Waals surface area contributed by atoms with Crippen molar-refractivity contribution in [3.63, 3.8) is 0 Å². The Kier molecular flexibility index (Phi) is 3.07. The summed E-state index contributed by atoms with van der Waals surface area (Å²) in [6.07, 6.45) is 0. The molecule has 0 saturated heterocycles. The van der Waals surface area contributed by atoms with Crippen molar-refractivity contribution in [3.8, 4) is 11.1 Å². The summed E-state index contributed by atoms with van der Waals surface area (Å²) in [6, 6.07) is 8.78. The minimum absolute atomic E-state index is 0.292. The molecule has 2 N–H and O–H groups in total. The van der Waals surface area contributed by atoms with Crippen LogP contribution < -0.4 is 5.73 Å². The summed E-state index contributed by atoms with van der Waals surface area (Å²) in [5.74, 6) is -0.292. The number of rotatable bonds is 1. The molecule has 17 heavy (non-hydrogen) atoms. The standard InChI is InChI=1S/C14H13ClFN/c1-8-3-10(6-11(17)4-8)12-5-9(2)14(16)7-13(12)15/h3-7H,17H2,1-2H3. The van der Waals surface area contributed by atoms with Crippen molar-refractivity contribution in [1.82, 2.24) is 0 Å². The molecule has 2 rings (SSSR count). The predicted molar refractivity (Wildman–Crippen MR) is 70.7 cm³/mol. The average Bonchev–Trinajstić information content (AvgIpc) is 2.22. The van der Waals surface area contributed by atoms with Gasteiger partial charge in [0.1, 0.15) is 5.82 Å². The third-order valence-electron chi connectivity index (χ3n) is 2.66. The molecule has 0 aliphatic heterocycles. The highest BCUT2D eigenvalue weighted by molar-refractivity contribution is 6.33. The molecule has 0 amide bonds. The van der Waals surface area contributed by atoms with Gasteiger partial charge in [-0.25, -0.2) is 4.39 Å².